The van der Waals surface area contributed by atoms with Crippen molar-refractivity contribution in [2.75, 3.05) is 13.1 Å². The number of hydrogen-bond donors (Lipinski definition) is 1. The normalized spacial score (nSPS) is 26.5. The highest BCUT2D eigenvalue weighted by atomic mass is 35.5. The van der Waals surface area contributed by atoms with Crippen LogP contribution in [0.2, 0.25) is 5.02 Å². The van der Waals surface area contributed by atoms with E-state index in [0.717, 1.165) is 31.0 Å². The first-order chi connectivity index (χ1) is 10.1. The summed E-state index contributed by atoms with van der Waals surface area (Å²) in [5, 5.41) is 4.65. The fourth-order valence-corrected chi connectivity index (χ4v) is 3.80. The highest BCUT2D eigenvalue weighted by Gasteiger charge is 2.33. The quantitative estimate of drug-likeness (QED) is 0.930. The second kappa shape index (κ2) is 6.37. The van der Waals surface area contributed by atoms with Gasteiger partial charge in [-0.15, -0.1) is 0 Å². The fraction of sp³-hybridized carbons (Fsp3) is 0.588. The molecule has 3 rings (SSSR count). The Bertz CT molecular complexity index is 505. The first-order valence-electron chi connectivity index (χ1n) is 7.89. The van der Waals surface area contributed by atoms with E-state index in [-0.39, 0.29) is 5.91 Å². The van der Waals surface area contributed by atoms with Gasteiger partial charge in [0.2, 0.25) is 5.91 Å². The van der Waals surface area contributed by atoms with Gasteiger partial charge in [0, 0.05) is 37.1 Å². The summed E-state index contributed by atoms with van der Waals surface area (Å²) in [5.74, 6) is 0.810. The maximum atomic E-state index is 11.3. The molecule has 0 unspecified atom stereocenters. The summed E-state index contributed by atoms with van der Waals surface area (Å²) in [6.07, 6.45) is 4.51. The molecule has 1 N–H and O–H groups in total. The van der Waals surface area contributed by atoms with Gasteiger partial charge in [0.15, 0.2) is 0 Å². The Morgan fingerprint density at radius 3 is 2.48 bits per heavy atom. The molecular formula is C17H23ClN2O. The maximum Gasteiger partial charge on any atom is 0.219 e. The van der Waals surface area contributed by atoms with Crippen LogP contribution in [0.4, 0.5) is 0 Å². The fourth-order valence-electron chi connectivity index (χ4n) is 3.51. The van der Waals surface area contributed by atoms with Crippen molar-refractivity contribution in [3.8, 4) is 0 Å². The molecule has 1 aromatic rings. The van der Waals surface area contributed by atoms with Crippen molar-refractivity contribution in [3.63, 3.8) is 0 Å². The summed E-state index contributed by atoms with van der Waals surface area (Å²) >= 11 is 6.26. The number of halogens is 1. The molecule has 21 heavy (non-hydrogen) atoms. The molecule has 1 saturated carbocycles. The van der Waals surface area contributed by atoms with Gasteiger partial charge in [0.05, 0.1) is 0 Å². The number of piperidine rings is 1. The Morgan fingerprint density at radius 1 is 1.19 bits per heavy atom. The average Bonchev–Trinajstić information content (AvgIpc) is 2.44. The van der Waals surface area contributed by atoms with E-state index in [1.165, 1.54) is 18.4 Å². The molecule has 3 nitrogen and oxygen atoms in total. The molecule has 1 aromatic carbocycles. The summed E-state index contributed by atoms with van der Waals surface area (Å²) in [6.45, 7) is 3.45. The minimum Gasteiger partial charge on any atom is -0.343 e. The summed E-state index contributed by atoms with van der Waals surface area (Å²) < 4.78 is 0. The van der Waals surface area contributed by atoms with E-state index in [9.17, 15) is 4.79 Å². The number of rotatable bonds is 3. The van der Waals surface area contributed by atoms with Crippen LogP contribution < -0.4 is 5.32 Å². The van der Waals surface area contributed by atoms with Crippen molar-refractivity contribution in [1.29, 1.82) is 0 Å². The Balaban J connectivity index is 1.44. The molecule has 0 spiro atoms. The van der Waals surface area contributed by atoms with Gasteiger partial charge in [0.25, 0.3) is 0 Å². The van der Waals surface area contributed by atoms with Crippen LogP contribution in [0.3, 0.4) is 0 Å². The molecule has 0 atom stereocenters. The zero-order valence-corrected chi connectivity index (χ0v) is 13.3. The maximum absolute atomic E-state index is 11.3. The smallest absolute Gasteiger partial charge is 0.219 e. The Hall–Kier alpha value is -1.06. The van der Waals surface area contributed by atoms with Crippen LogP contribution in [0.15, 0.2) is 24.3 Å². The number of carbonyl (C=O) groups is 1. The number of carbonyl (C=O) groups excluding carboxylic acids is 1. The lowest BCUT2D eigenvalue weighted by atomic mass is 9.75. The number of nitrogens with zero attached hydrogens (tertiary/aromatic N) is 1. The number of amides is 1. The minimum absolute atomic E-state index is 0.205. The molecular weight excluding hydrogens is 284 g/mol. The van der Waals surface area contributed by atoms with Crippen molar-refractivity contribution in [1.82, 2.24) is 10.2 Å². The third-order valence-corrected chi connectivity index (χ3v) is 5.24. The summed E-state index contributed by atoms with van der Waals surface area (Å²) in [6, 6.07) is 9.37. The summed E-state index contributed by atoms with van der Waals surface area (Å²) in [7, 11) is 0. The predicted molar refractivity (Wildman–Crippen MR) is 85.6 cm³/mol. The van der Waals surface area contributed by atoms with E-state index < -0.39 is 0 Å². The number of likely N-dealkylation sites (tertiary alicyclic amines) is 1. The van der Waals surface area contributed by atoms with Crippen LogP contribution in [-0.4, -0.2) is 36.0 Å². The van der Waals surface area contributed by atoms with Gasteiger partial charge in [0.1, 0.15) is 0 Å². The molecule has 1 aliphatic heterocycles. The van der Waals surface area contributed by atoms with Crippen LogP contribution in [0.1, 0.15) is 44.1 Å². The number of nitrogens with one attached hydrogen (secondary N) is 1. The van der Waals surface area contributed by atoms with E-state index in [0.29, 0.717) is 18.0 Å². The largest absolute Gasteiger partial charge is 0.343 e. The molecule has 4 heteroatoms. The Kier molecular flexibility index (Phi) is 4.51. The van der Waals surface area contributed by atoms with Crippen molar-refractivity contribution in [3.05, 3.63) is 34.9 Å². The molecule has 0 bridgehead atoms. The molecule has 114 valence electrons. The third-order valence-electron chi connectivity index (χ3n) is 4.89. The van der Waals surface area contributed by atoms with Crippen molar-refractivity contribution >= 4 is 17.5 Å². The SMILES string of the molecule is CC(=O)N1CCC(NC2CC(c3ccccc3Cl)C2)CC1. The van der Waals surface area contributed by atoms with Crippen LogP contribution in [0, 0.1) is 0 Å². The first kappa shape index (κ1) is 14.9. The van der Waals surface area contributed by atoms with Gasteiger partial charge < -0.3 is 10.2 Å². The summed E-state index contributed by atoms with van der Waals surface area (Å²) in [4.78, 5) is 13.3. The second-order valence-corrected chi connectivity index (χ2v) is 6.74. The van der Waals surface area contributed by atoms with Crippen LogP contribution in [0.5, 0.6) is 0 Å². The monoisotopic (exact) mass is 306 g/mol. The molecule has 1 heterocycles. The first-order valence-corrected chi connectivity index (χ1v) is 8.27. The van der Waals surface area contributed by atoms with E-state index in [1.807, 2.05) is 17.0 Å². The molecule has 1 saturated heterocycles. The highest BCUT2D eigenvalue weighted by Crippen LogP contribution is 2.40. The van der Waals surface area contributed by atoms with Crippen molar-refractivity contribution in [2.24, 2.45) is 0 Å². The summed E-state index contributed by atoms with van der Waals surface area (Å²) in [5.41, 5.74) is 1.30. The van der Waals surface area contributed by atoms with E-state index in [4.69, 9.17) is 11.6 Å². The number of benzene rings is 1. The molecule has 0 radical (unpaired) electrons. The molecule has 2 aliphatic rings. The zero-order chi connectivity index (χ0) is 14.8. The van der Waals surface area contributed by atoms with Gasteiger partial charge in [-0.3, -0.25) is 4.79 Å². The van der Waals surface area contributed by atoms with E-state index >= 15 is 0 Å². The topological polar surface area (TPSA) is 32.3 Å². The van der Waals surface area contributed by atoms with E-state index in [1.54, 1.807) is 6.92 Å². The van der Waals surface area contributed by atoms with Gasteiger partial charge >= 0.3 is 0 Å². The number of hydrogen-bond acceptors (Lipinski definition) is 2. The lowest BCUT2D eigenvalue weighted by Gasteiger charge is -2.41. The van der Waals surface area contributed by atoms with Gasteiger partial charge in [-0.2, -0.15) is 0 Å². The third kappa shape index (κ3) is 3.41. The standard InChI is InChI=1S/C17H23ClN2O/c1-12(21)20-8-6-14(7-9-20)19-15-10-13(11-15)16-4-2-3-5-17(16)18/h2-5,13-15,19H,6-11H2,1H3. The predicted octanol–water partition coefficient (Wildman–Crippen LogP) is 3.19. The van der Waals surface area contributed by atoms with Crippen LogP contribution >= 0.6 is 11.6 Å². The second-order valence-electron chi connectivity index (χ2n) is 6.33. The van der Waals surface area contributed by atoms with Crippen LogP contribution in [0.25, 0.3) is 0 Å². The van der Waals surface area contributed by atoms with Crippen molar-refractivity contribution < 1.29 is 4.79 Å². The molecule has 2 fully saturated rings. The lowest BCUT2D eigenvalue weighted by molar-refractivity contribution is -0.129. The van der Waals surface area contributed by atoms with Gasteiger partial charge in [-0.05, 0) is 43.2 Å². The zero-order valence-electron chi connectivity index (χ0n) is 12.5. The minimum atomic E-state index is 0.205. The lowest BCUT2D eigenvalue weighted by Crippen LogP contribution is -2.50. The van der Waals surface area contributed by atoms with Crippen molar-refractivity contribution in [2.45, 2.75) is 50.6 Å². The van der Waals surface area contributed by atoms with Gasteiger partial charge in [-0.25, -0.2) is 0 Å². The highest BCUT2D eigenvalue weighted by molar-refractivity contribution is 6.31. The average molecular weight is 307 g/mol. The Morgan fingerprint density at radius 2 is 1.86 bits per heavy atom. The molecule has 1 aliphatic carbocycles. The molecule has 1 amide bonds. The Labute approximate surface area is 131 Å². The van der Waals surface area contributed by atoms with Crippen LogP contribution in [-0.2, 0) is 4.79 Å². The molecule has 0 aromatic heterocycles. The van der Waals surface area contributed by atoms with Gasteiger partial charge in [-0.1, -0.05) is 29.8 Å². The van der Waals surface area contributed by atoms with E-state index in [2.05, 4.69) is 17.4 Å².